The molecule has 5 heteroatoms. The monoisotopic (exact) mass is 288 g/mol. The Hall–Kier alpha value is -0.770. The molecule has 3 nitrogen and oxygen atoms in total. The van der Waals surface area contributed by atoms with Gasteiger partial charge in [0.25, 0.3) is 0 Å². The van der Waals surface area contributed by atoms with Gasteiger partial charge in [-0.25, -0.2) is 0 Å². The molecule has 1 amide bonds. The highest BCUT2D eigenvalue weighted by molar-refractivity contribution is 6.35. The smallest absolute Gasteiger partial charge is 0.240 e. The standard InChI is InChI=1S/C13H18Cl2N2O/c1-3-6-13(2,16)12(18)17-8-9-4-5-10(14)7-11(9)15/h4-5,7H,3,6,8,16H2,1-2H3,(H,17,18). The van der Waals surface area contributed by atoms with Crippen molar-refractivity contribution in [1.29, 1.82) is 0 Å². The van der Waals surface area contributed by atoms with Crippen molar-refractivity contribution < 1.29 is 4.79 Å². The van der Waals surface area contributed by atoms with Crippen LogP contribution in [-0.2, 0) is 11.3 Å². The first-order valence-corrected chi connectivity index (χ1v) is 6.63. The third-order valence-electron chi connectivity index (χ3n) is 2.74. The molecule has 0 fully saturated rings. The average Bonchev–Trinajstić information content (AvgIpc) is 2.27. The molecule has 1 aromatic carbocycles. The van der Waals surface area contributed by atoms with E-state index in [0.717, 1.165) is 12.0 Å². The van der Waals surface area contributed by atoms with E-state index in [-0.39, 0.29) is 5.91 Å². The number of amides is 1. The quantitative estimate of drug-likeness (QED) is 0.875. The Balaban J connectivity index is 2.62. The molecule has 0 bridgehead atoms. The highest BCUT2D eigenvalue weighted by atomic mass is 35.5. The Bertz CT molecular complexity index is 433. The van der Waals surface area contributed by atoms with Gasteiger partial charge in [-0.15, -0.1) is 0 Å². The number of hydrogen-bond acceptors (Lipinski definition) is 2. The van der Waals surface area contributed by atoms with Crippen molar-refractivity contribution in [3.05, 3.63) is 33.8 Å². The Morgan fingerprint density at radius 3 is 2.67 bits per heavy atom. The molecular formula is C13H18Cl2N2O. The molecule has 100 valence electrons. The highest BCUT2D eigenvalue weighted by Crippen LogP contribution is 2.21. The Labute approximate surface area is 118 Å². The van der Waals surface area contributed by atoms with E-state index in [1.807, 2.05) is 6.92 Å². The van der Waals surface area contributed by atoms with Crippen LogP contribution in [0, 0.1) is 0 Å². The maximum absolute atomic E-state index is 11.9. The van der Waals surface area contributed by atoms with Crippen molar-refractivity contribution in [2.45, 2.75) is 38.8 Å². The van der Waals surface area contributed by atoms with Crippen LogP contribution in [0.25, 0.3) is 0 Å². The summed E-state index contributed by atoms with van der Waals surface area (Å²) in [6.07, 6.45) is 1.51. The van der Waals surface area contributed by atoms with Crippen molar-refractivity contribution in [2.24, 2.45) is 5.73 Å². The van der Waals surface area contributed by atoms with Crippen LogP contribution in [0.2, 0.25) is 10.0 Å². The van der Waals surface area contributed by atoms with Crippen molar-refractivity contribution >= 4 is 29.1 Å². The molecule has 1 aromatic rings. The summed E-state index contributed by atoms with van der Waals surface area (Å²) >= 11 is 11.8. The van der Waals surface area contributed by atoms with Crippen LogP contribution in [0.1, 0.15) is 32.3 Å². The average molecular weight is 289 g/mol. The maximum Gasteiger partial charge on any atom is 0.240 e. The summed E-state index contributed by atoms with van der Waals surface area (Å²) in [4.78, 5) is 11.9. The number of hydrogen-bond donors (Lipinski definition) is 2. The van der Waals surface area contributed by atoms with Gasteiger partial charge in [-0.05, 0) is 31.0 Å². The van der Waals surface area contributed by atoms with E-state index in [4.69, 9.17) is 28.9 Å². The highest BCUT2D eigenvalue weighted by Gasteiger charge is 2.26. The van der Waals surface area contributed by atoms with Gasteiger partial charge in [0, 0.05) is 16.6 Å². The van der Waals surface area contributed by atoms with E-state index in [2.05, 4.69) is 5.32 Å². The number of halogens is 2. The Kier molecular flexibility index (Phi) is 5.45. The Morgan fingerprint density at radius 2 is 2.11 bits per heavy atom. The van der Waals surface area contributed by atoms with Gasteiger partial charge in [0.2, 0.25) is 5.91 Å². The fraction of sp³-hybridized carbons (Fsp3) is 0.462. The summed E-state index contributed by atoms with van der Waals surface area (Å²) in [7, 11) is 0. The minimum absolute atomic E-state index is 0.171. The minimum Gasteiger partial charge on any atom is -0.350 e. The number of nitrogens with one attached hydrogen (secondary N) is 1. The van der Waals surface area contributed by atoms with Gasteiger partial charge in [-0.3, -0.25) is 4.79 Å². The molecule has 0 radical (unpaired) electrons. The van der Waals surface area contributed by atoms with Gasteiger partial charge < -0.3 is 11.1 Å². The zero-order valence-electron chi connectivity index (χ0n) is 10.6. The Morgan fingerprint density at radius 1 is 1.44 bits per heavy atom. The lowest BCUT2D eigenvalue weighted by Crippen LogP contribution is -2.51. The second-order valence-electron chi connectivity index (χ2n) is 4.59. The number of carbonyl (C=O) groups excluding carboxylic acids is 1. The van der Waals surface area contributed by atoms with Gasteiger partial charge >= 0.3 is 0 Å². The second kappa shape index (κ2) is 6.41. The lowest BCUT2D eigenvalue weighted by molar-refractivity contribution is -0.126. The SMILES string of the molecule is CCCC(C)(N)C(=O)NCc1ccc(Cl)cc1Cl. The van der Waals surface area contributed by atoms with Crippen LogP contribution >= 0.6 is 23.2 Å². The summed E-state index contributed by atoms with van der Waals surface area (Å²) < 4.78 is 0. The first kappa shape index (κ1) is 15.3. The fourth-order valence-corrected chi connectivity index (χ4v) is 2.15. The minimum atomic E-state index is -0.840. The first-order valence-electron chi connectivity index (χ1n) is 5.88. The van der Waals surface area contributed by atoms with Crippen molar-refractivity contribution in [3.63, 3.8) is 0 Å². The first-order chi connectivity index (χ1) is 8.36. The second-order valence-corrected chi connectivity index (χ2v) is 5.43. The number of nitrogens with two attached hydrogens (primary N) is 1. The third-order valence-corrected chi connectivity index (χ3v) is 3.33. The molecule has 0 spiro atoms. The van der Waals surface area contributed by atoms with Crippen molar-refractivity contribution in [1.82, 2.24) is 5.32 Å². The normalized spacial score (nSPS) is 14.1. The summed E-state index contributed by atoms with van der Waals surface area (Å²) in [6.45, 7) is 4.08. The zero-order valence-corrected chi connectivity index (χ0v) is 12.1. The van der Waals surface area contributed by atoms with E-state index < -0.39 is 5.54 Å². The molecule has 1 rings (SSSR count). The van der Waals surface area contributed by atoms with Crippen LogP contribution in [0.15, 0.2) is 18.2 Å². The van der Waals surface area contributed by atoms with Crippen LogP contribution in [0.5, 0.6) is 0 Å². The molecule has 1 unspecified atom stereocenters. The summed E-state index contributed by atoms with van der Waals surface area (Å²) in [5.74, 6) is -0.171. The summed E-state index contributed by atoms with van der Waals surface area (Å²) in [6, 6.07) is 5.18. The number of rotatable bonds is 5. The summed E-state index contributed by atoms with van der Waals surface area (Å²) in [5.41, 5.74) is 5.91. The van der Waals surface area contributed by atoms with Crippen LogP contribution < -0.4 is 11.1 Å². The molecule has 0 aliphatic rings. The van der Waals surface area contributed by atoms with E-state index in [1.165, 1.54) is 0 Å². The molecule has 0 saturated carbocycles. The molecule has 0 aliphatic heterocycles. The number of carbonyl (C=O) groups is 1. The molecule has 1 atom stereocenters. The van der Waals surface area contributed by atoms with Crippen LogP contribution in [0.4, 0.5) is 0 Å². The third kappa shape index (κ3) is 4.16. The van der Waals surface area contributed by atoms with Gasteiger partial charge in [0.05, 0.1) is 5.54 Å². The predicted molar refractivity (Wildman–Crippen MR) is 75.8 cm³/mol. The van der Waals surface area contributed by atoms with Gasteiger partial charge in [0.15, 0.2) is 0 Å². The molecule has 0 aliphatic carbocycles. The van der Waals surface area contributed by atoms with E-state index in [1.54, 1.807) is 25.1 Å². The van der Waals surface area contributed by atoms with Crippen molar-refractivity contribution in [2.75, 3.05) is 0 Å². The topological polar surface area (TPSA) is 55.1 Å². The summed E-state index contributed by atoms with van der Waals surface area (Å²) in [5, 5.41) is 3.91. The lowest BCUT2D eigenvalue weighted by atomic mass is 9.96. The molecule has 18 heavy (non-hydrogen) atoms. The number of benzene rings is 1. The van der Waals surface area contributed by atoms with E-state index >= 15 is 0 Å². The largest absolute Gasteiger partial charge is 0.350 e. The molecule has 0 aromatic heterocycles. The lowest BCUT2D eigenvalue weighted by Gasteiger charge is -2.23. The molecular weight excluding hydrogens is 271 g/mol. The van der Waals surface area contributed by atoms with Gasteiger partial charge in [-0.2, -0.15) is 0 Å². The molecule has 0 saturated heterocycles. The van der Waals surface area contributed by atoms with Crippen LogP contribution in [0.3, 0.4) is 0 Å². The van der Waals surface area contributed by atoms with Crippen molar-refractivity contribution in [3.8, 4) is 0 Å². The zero-order chi connectivity index (χ0) is 13.8. The molecule has 3 N–H and O–H groups in total. The predicted octanol–water partition coefficient (Wildman–Crippen LogP) is 3.13. The van der Waals surface area contributed by atoms with E-state index in [9.17, 15) is 4.79 Å². The van der Waals surface area contributed by atoms with E-state index in [0.29, 0.717) is 23.0 Å². The van der Waals surface area contributed by atoms with Crippen LogP contribution in [-0.4, -0.2) is 11.4 Å². The molecule has 0 heterocycles. The fourth-order valence-electron chi connectivity index (χ4n) is 1.68. The maximum atomic E-state index is 11.9. The van der Waals surface area contributed by atoms with Gasteiger partial charge in [0.1, 0.15) is 0 Å². The van der Waals surface area contributed by atoms with Gasteiger partial charge in [-0.1, -0.05) is 42.6 Å².